The number of thiophene rings is 1. The molecule has 0 aromatic carbocycles. The number of halogens is 3. The second-order valence-corrected chi connectivity index (χ2v) is 5.96. The van der Waals surface area contributed by atoms with Crippen molar-refractivity contribution in [3.05, 3.63) is 47.9 Å². The average molecular weight is 341 g/mol. The van der Waals surface area contributed by atoms with Crippen LogP contribution in [0.3, 0.4) is 0 Å². The van der Waals surface area contributed by atoms with E-state index < -0.39 is 11.1 Å². The first kappa shape index (κ1) is 15.7. The number of pyridine rings is 1. The van der Waals surface area contributed by atoms with Gasteiger partial charge in [0.1, 0.15) is 22.1 Å². The molecular weight excluding hydrogens is 327 g/mol. The van der Waals surface area contributed by atoms with Crippen LogP contribution in [0.25, 0.3) is 0 Å². The zero-order valence-corrected chi connectivity index (χ0v) is 13.1. The summed E-state index contributed by atoms with van der Waals surface area (Å²) < 4.78 is 43.6. The van der Waals surface area contributed by atoms with Gasteiger partial charge in [0.2, 0.25) is 0 Å². The van der Waals surface area contributed by atoms with E-state index in [0.717, 1.165) is 11.8 Å². The van der Waals surface area contributed by atoms with Crippen LogP contribution in [0.5, 0.6) is 5.75 Å². The number of hydrogen-bond acceptors (Lipinski definition) is 5. The van der Waals surface area contributed by atoms with Gasteiger partial charge >= 0.3 is 6.18 Å². The van der Waals surface area contributed by atoms with Crippen LogP contribution in [0.4, 0.5) is 23.9 Å². The Morgan fingerprint density at radius 2 is 1.96 bits per heavy atom. The standard InChI is InChI=1S/C15H14F3N3OS/c1-10-20(11-9-19-6-5-12(11)22-2)7-8-21(10)14-4-3-13(23-14)15(16,17)18/h3-6,9H,1,7-8H2,2H3. The van der Waals surface area contributed by atoms with Gasteiger partial charge in [0.25, 0.3) is 0 Å². The Balaban J connectivity index is 1.86. The van der Waals surface area contributed by atoms with E-state index in [1.54, 1.807) is 30.5 Å². The van der Waals surface area contributed by atoms with Crippen LogP contribution < -0.4 is 14.5 Å². The molecule has 2 aromatic heterocycles. The normalized spacial score (nSPS) is 15.4. The van der Waals surface area contributed by atoms with E-state index in [1.807, 2.05) is 4.90 Å². The van der Waals surface area contributed by atoms with Crippen molar-refractivity contribution in [2.45, 2.75) is 6.18 Å². The minimum Gasteiger partial charge on any atom is -0.494 e. The summed E-state index contributed by atoms with van der Waals surface area (Å²) in [5, 5.41) is 0.521. The first-order valence-electron chi connectivity index (χ1n) is 6.81. The molecule has 4 nitrogen and oxygen atoms in total. The monoisotopic (exact) mass is 341 g/mol. The lowest BCUT2D eigenvalue weighted by Gasteiger charge is -2.23. The molecule has 1 saturated heterocycles. The highest BCUT2D eigenvalue weighted by Gasteiger charge is 2.34. The number of aromatic nitrogens is 1. The molecule has 0 unspecified atom stereocenters. The lowest BCUT2D eigenvalue weighted by Crippen LogP contribution is -2.21. The van der Waals surface area contributed by atoms with E-state index in [1.165, 1.54) is 6.07 Å². The Morgan fingerprint density at radius 3 is 2.61 bits per heavy atom. The number of anilines is 2. The molecule has 0 radical (unpaired) electrons. The molecule has 0 bridgehead atoms. The Labute approximate surface area is 135 Å². The van der Waals surface area contributed by atoms with E-state index >= 15 is 0 Å². The van der Waals surface area contributed by atoms with Gasteiger partial charge in [0.05, 0.1) is 18.3 Å². The van der Waals surface area contributed by atoms with Crippen LogP contribution in [0.1, 0.15) is 4.88 Å². The van der Waals surface area contributed by atoms with Crippen molar-refractivity contribution >= 4 is 22.0 Å². The Kier molecular flexibility index (Phi) is 3.93. The Hall–Kier alpha value is -2.22. The largest absolute Gasteiger partial charge is 0.494 e. The fourth-order valence-corrected chi connectivity index (χ4v) is 3.39. The number of nitrogens with zero attached hydrogens (tertiary/aromatic N) is 3. The predicted octanol–water partition coefficient (Wildman–Crippen LogP) is 3.97. The maximum absolute atomic E-state index is 12.8. The van der Waals surface area contributed by atoms with Gasteiger partial charge in [-0.05, 0) is 12.1 Å². The molecule has 1 aliphatic rings. The minimum atomic E-state index is -4.32. The Morgan fingerprint density at radius 1 is 1.22 bits per heavy atom. The van der Waals surface area contributed by atoms with E-state index in [0.29, 0.717) is 41.0 Å². The number of hydrogen-bond donors (Lipinski definition) is 0. The number of alkyl halides is 3. The van der Waals surface area contributed by atoms with Gasteiger partial charge in [0.15, 0.2) is 0 Å². The third-order valence-electron chi connectivity index (χ3n) is 3.58. The lowest BCUT2D eigenvalue weighted by molar-refractivity contribution is -0.134. The van der Waals surface area contributed by atoms with Crippen molar-refractivity contribution in [3.8, 4) is 5.75 Å². The molecule has 1 fully saturated rings. The minimum absolute atomic E-state index is 0.521. The van der Waals surface area contributed by atoms with Crippen molar-refractivity contribution in [2.24, 2.45) is 0 Å². The van der Waals surface area contributed by atoms with E-state index in [9.17, 15) is 13.2 Å². The smallest absolute Gasteiger partial charge is 0.425 e. The maximum Gasteiger partial charge on any atom is 0.425 e. The molecule has 3 rings (SSSR count). The summed E-state index contributed by atoms with van der Waals surface area (Å²) in [6.45, 7) is 5.16. The van der Waals surface area contributed by atoms with Crippen LogP contribution in [0, 0.1) is 0 Å². The van der Waals surface area contributed by atoms with Crippen LogP contribution >= 0.6 is 11.3 Å². The van der Waals surface area contributed by atoms with Gasteiger partial charge in [-0.15, -0.1) is 11.3 Å². The fourth-order valence-electron chi connectivity index (χ4n) is 2.47. The van der Waals surface area contributed by atoms with Gasteiger partial charge in [0, 0.05) is 25.4 Å². The van der Waals surface area contributed by atoms with Gasteiger partial charge in [-0.3, -0.25) is 4.98 Å². The molecule has 0 saturated carbocycles. The van der Waals surface area contributed by atoms with Crippen LogP contribution in [0.15, 0.2) is 43.0 Å². The molecule has 8 heteroatoms. The van der Waals surface area contributed by atoms with Crippen molar-refractivity contribution in [1.29, 1.82) is 0 Å². The first-order chi connectivity index (χ1) is 10.9. The lowest BCUT2D eigenvalue weighted by atomic mass is 10.3. The molecule has 0 amide bonds. The van der Waals surface area contributed by atoms with E-state index in [-0.39, 0.29) is 0 Å². The number of rotatable bonds is 3. The highest BCUT2D eigenvalue weighted by Crippen LogP contribution is 2.41. The SMILES string of the molecule is C=C1N(c2ccc(C(F)(F)F)s2)CCN1c1cnccc1OC. The fraction of sp³-hybridized carbons (Fsp3) is 0.267. The highest BCUT2D eigenvalue weighted by atomic mass is 32.1. The topological polar surface area (TPSA) is 28.6 Å². The summed E-state index contributed by atoms with van der Waals surface area (Å²) in [6, 6.07) is 4.31. The summed E-state index contributed by atoms with van der Waals surface area (Å²) >= 11 is 0.715. The van der Waals surface area contributed by atoms with Gasteiger partial charge in [-0.25, -0.2) is 0 Å². The molecule has 0 spiro atoms. The molecule has 122 valence electrons. The molecule has 0 aliphatic carbocycles. The van der Waals surface area contributed by atoms with E-state index in [2.05, 4.69) is 11.6 Å². The third kappa shape index (κ3) is 2.86. The molecule has 1 aliphatic heterocycles. The van der Waals surface area contributed by atoms with Crippen molar-refractivity contribution in [2.75, 3.05) is 30.0 Å². The third-order valence-corrected chi connectivity index (χ3v) is 4.73. The van der Waals surface area contributed by atoms with Crippen molar-refractivity contribution in [3.63, 3.8) is 0 Å². The maximum atomic E-state index is 12.8. The quantitative estimate of drug-likeness (QED) is 0.845. The molecule has 0 N–H and O–H groups in total. The predicted molar refractivity (Wildman–Crippen MR) is 83.9 cm³/mol. The van der Waals surface area contributed by atoms with Gasteiger partial charge < -0.3 is 14.5 Å². The number of ether oxygens (including phenoxy) is 1. The molecule has 23 heavy (non-hydrogen) atoms. The second-order valence-electron chi connectivity index (χ2n) is 4.90. The molecule has 3 heterocycles. The summed E-state index contributed by atoms with van der Waals surface area (Å²) in [4.78, 5) is 7.12. The Bertz CT molecular complexity index is 729. The molecular formula is C15H14F3N3OS. The van der Waals surface area contributed by atoms with Crippen LogP contribution in [0.2, 0.25) is 0 Å². The van der Waals surface area contributed by atoms with Crippen LogP contribution in [-0.4, -0.2) is 25.2 Å². The van der Waals surface area contributed by atoms with Crippen LogP contribution in [-0.2, 0) is 6.18 Å². The van der Waals surface area contributed by atoms with Crippen molar-refractivity contribution < 1.29 is 17.9 Å². The summed E-state index contributed by atoms with van der Waals surface area (Å²) in [5.74, 6) is 1.25. The molecule has 2 aromatic rings. The summed E-state index contributed by atoms with van der Waals surface area (Å²) in [6.07, 6.45) is -1.05. The number of methoxy groups -OCH3 is 1. The first-order valence-corrected chi connectivity index (χ1v) is 7.62. The molecule has 0 atom stereocenters. The van der Waals surface area contributed by atoms with E-state index in [4.69, 9.17) is 4.74 Å². The highest BCUT2D eigenvalue weighted by molar-refractivity contribution is 7.16. The summed E-state index contributed by atoms with van der Waals surface area (Å²) in [7, 11) is 1.56. The zero-order chi connectivity index (χ0) is 16.6. The van der Waals surface area contributed by atoms with Gasteiger partial charge in [-0.1, -0.05) is 6.58 Å². The van der Waals surface area contributed by atoms with Gasteiger partial charge in [-0.2, -0.15) is 13.2 Å². The zero-order valence-electron chi connectivity index (χ0n) is 12.3. The second kappa shape index (κ2) is 5.77. The van der Waals surface area contributed by atoms with Crippen molar-refractivity contribution in [1.82, 2.24) is 4.98 Å². The average Bonchev–Trinajstić information content (AvgIpc) is 3.13. The summed E-state index contributed by atoms with van der Waals surface area (Å²) in [5.41, 5.74) is 0.745.